The third-order valence-electron chi connectivity index (χ3n) is 5.96. The van der Waals surface area contributed by atoms with Gasteiger partial charge in [-0.2, -0.15) is 8.78 Å². The zero-order valence-electron chi connectivity index (χ0n) is 20.7. The quantitative estimate of drug-likeness (QED) is 0.140. The first-order valence-electron chi connectivity index (χ1n) is 11.9. The van der Waals surface area contributed by atoms with E-state index in [1.165, 1.54) is 0 Å². The van der Waals surface area contributed by atoms with Crippen LogP contribution < -0.4 is 9.47 Å². The summed E-state index contributed by atoms with van der Waals surface area (Å²) in [6, 6.07) is 4.70. The van der Waals surface area contributed by atoms with Gasteiger partial charge >= 0.3 is 6.11 Å². The zero-order chi connectivity index (χ0) is 29.0. The average molecular weight is 574 g/mol. The predicted octanol–water partition coefficient (Wildman–Crippen LogP) is 7.86. The fourth-order valence-electron chi connectivity index (χ4n) is 3.98. The van der Waals surface area contributed by atoms with E-state index in [-0.39, 0.29) is 30.3 Å². The Kier molecular flexibility index (Phi) is 8.99. The van der Waals surface area contributed by atoms with Crippen molar-refractivity contribution in [3.05, 3.63) is 107 Å². The lowest BCUT2D eigenvalue weighted by molar-refractivity contribution is -0.206. The molecule has 0 bridgehead atoms. The molecule has 0 aliphatic carbocycles. The van der Waals surface area contributed by atoms with E-state index < -0.39 is 71.0 Å². The molecule has 12 heteroatoms. The molecule has 40 heavy (non-hydrogen) atoms. The second-order valence-corrected chi connectivity index (χ2v) is 8.96. The van der Waals surface area contributed by atoms with Crippen molar-refractivity contribution >= 4 is 0 Å². The first-order valence-corrected chi connectivity index (χ1v) is 11.9. The molecule has 0 unspecified atom stereocenters. The molecule has 0 radical (unpaired) electrons. The van der Waals surface area contributed by atoms with Gasteiger partial charge in [-0.25, -0.2) is 26.3 Å². The minimum absolute atomic E-state index is 0.0482. The number of rotatable bonds is 10. The Morgan fingerprint density at radius 1 is 0.850 bits per heavy atom. The van der Waals surface area contributed by atoms with Crippen LogP contribution in [0.2, 0.25) is 0 Å². The maximum absolute atomic E-state index is 14.8. The first-order chi connectivity index (χ1) is 19.0. The van der Waals surface area contributed by atoms with Crippen molar-refractivity contribution in [1.29, 1.82) is 0 Å². The lowest BCUT2D eigenvalue weighted by atomic mass is 10.0. The van der Waals surface area contributed by atoms with Crippen molar-refractivity contribution in [2.75, 3.05) is 13.2 Å². The minimum atomic E-state index is -4.56. The largest absolute Gasteiger partial charge is 0.486 e. The Balaban J connectivity index is 1.43. The van der Waals surface area contributed by atoms with Crippen molar-refractivity contribution < 1.29 is 54.1 Å². The van der Waals surface area contributed by atoms with Gasteiger partial charge in [0.1, 0.15) is 29.6 Å². The van der Waals surface area contributed by atoms with Crippen LogP contribution in [0.5, 0.6) is 11.5 Å². The van der Waals surface area contributed by atoms with Gasteiger partial charge in [-0.15, -0.1) is 6.58 Å². The molecular weight excluding hydrogens is 552 g/mol. The fourth-order valence-corrected chi connectivity index (χ4v) is 3.98. The normalized spacial score (nSPS) is 17.5. The molecule has 1 fully saturated rings. The molecule has 4 rings (SSSR count). The number of halogens is 8. The molecule has 3 aromatic rings. The van der Waals surface area contributed by atoms with E-state index in [2.05, 4.69) is 11.3 Å². The van der Waals surface area contributed by atoms with Gasteiger partial charge in [0.15, 0.2) is 35.3 Å². The molecule has 1 heterocycles. The van der Waals surface area contributed by atoms with E-state index in [4.69, 9.17) is 14.2 Å². The standard InChI is InChI=1S/C28H22F8O4/c1-2-3-4-15-12-38-27(39-13-15)17-9-20(30)25(21(31)10-17)28(35,36)40-18-5-6-24(19(29)11-18)37-14-16-7-22(32)26(34)23(33)8-16/h2,5-11,15,27H,1,3-4,12-14H2. The van der Waals surface area contributed by atoms with Crippen molar-refractivity contribution in [3.63, 3.8) is 0 Å². The highest BCUT2D eigenvalue weighted by Gasteiger charge is 2.42. The molecular formula is C28H22F8O4. The number of hydrogen-bond acceptors (Lipinski definition) is 4. The summed E-state index contributed by atoms with van der Waals surface area (Å²) in [5.74, 6) is -10.4. The van der Waals surface area contributed by atoms with Crippen LogP contribution >= 0.6 is 0 Å². The van der Waals surface area contributed by atoms with E-state index in [0.717, 1.165) is 25.0 Å². The second kappa shape index (κ2) is 12.3. The molecule has 214 valence electrons. The Morgan fingerprint density at radius 3 is 2.05 bits per heavy atom. The van der Waals surface area contributed by atoms with Crippen LogP contribution in [0.1, 0.15) is 35.8 Å². The molecule has 0 atom stereocenters. The molecule has 1 saturated heterocycles. The van der Waals surface area contributed by atoms with Gasteiger partial charge in [0, 0.05) is 17.5 Å². The molecule has 0 N–H and O–H groups in total. The zero-order valence-corrected chi connectivity index (χ0v) is 20.7. The third kappa shape index (κ3) is 6.73. The van der Waals surface area contributed by atoms with E-state index in [9.17, 15) is 35.1 Å². The summed E-state index contributed by atoms with van der Waals surface area (Å²) >= 11 is 0. The summed E-state index contributed by atoms with van der Waals surface area (Å²) in [6.45, 7) is 3.52. The topological polar surface area (TPSA) is 36.9 Å². The molecule has 0 spiro atoms. The predicted molar refractivity (Wildman–Crippen MR) is 125 cm³/mol. The molecule has 3 aromatic carbocycles. The Labute approximate surface area is 223 Å². The number of allylic oxidation sites excluding steroid dienone is 1. The summed E-state index contributed by atoms with van der Waals surface area (Å²) in [5, 5.41) is 0. The number of alkyl halides is 2. The SMILES string of the molecule is C=CCCC1COC(c2cc(F)c(C(F)(F)Oc3ccc(OCc4cc(F)c(F)c(F)c4)c(F)c3)c(F)c2)OC1. The van der Waals surface area contributed by atoms with E-state index in [1.807, 2.05) is 0 Å². The van der Waals surface area contributed by atoms with Crippen LogP contribution in [-0.2, 0) is 22.2 Å². The van der Waals surface area contributed by atoms with Gasteiger partial charge in [0.2, 0.25) is 0 Å². The molecule has 0 aromatic heterocycles. The average Bonchev–Trinajstić information content (AvgIpc) is 2.89. The van der Waals surface area contributed by atoms with E-state index in [0.29, 0.717) is 30.3 Å². The smallest absolute Gasteiger partial charge is 0.432 e. The van der Waals surface area contributed by atoms with Crippen molar-refractivity contribution in [3.8, 4) is 11.5 Å². The molecule has 0 amide bonds. The molecule has 0 saturated carbocycles. The van der Waals surface area contributed by atoms with Gasteiger partial charge in [-0.1, -0.05) is 6.08 Å². The van der Waals surface area contributed by atoms with E-state index in [1.54, 1.807) is 6.08 Å². The second-order valence-electron chi connectivity index (χ2n) is 8.96. The molecule has 4 nitrogen and oxygen atoms in total. The summed E-state index contributed by atoms with van der Waals surface area (Å²) in [4.78, 5) is 0. The molecule has 1 aliphatic rings. The minimum Gasteiger partial charge on any atom is -0.486 e. The monoisotopic (exact) mass is 574 g/mol. The number of benzene rings is 3. The Hall–Kier alpha value is -3.64. The maximum atomic E-state index is 14.8. The summed E-state index contributed by atoms with van der Waals surface area (Å²) in [7, 11) is 0. The highest BCUT2D eigenvalue weighted by molar-refractivity contribution is 5.35. The number of hydrogen-bond donors (Lipinski definition) is 0. The molecule has 1 aliphatic heterocycles. The summed E-state index contributed by atoms with van der Waals surface area (Å²) < 4.78 is 134. The summed E-state index contributed by atoms with van der Waals surface area (Å²) in [6.07, 6.45) is -2.51. The van der Waals surface area contributed by atoms with Crippen LogP contribution in [0.4, 0.5) is 35.1 Å². The Bertz CT molecular complexity index is 1330. The first kappa shape index (κ1) is 29.3. The van der Waals surface area contributed by atoms with Crippen molar-refractivity contribution in [2.45, 2.75) is 31.8 Å². The van der Waals surface area contributed by atoms with Crippen LogP contribution in [0.3, 0.4) is 0 Å². The third-order valence-corrected chi connectivity index (χ3v) is 5.96. The summed E-state index contributed by atoms with van der Waals surface area (Å²) in [5.41, 5.74) is -2.03. The highest BCUT2D eigenvalue weighted by atomic mass is 19.3. The van der Waals surface area contributed by atoms with E-state index >= 15 is 0 Å². The van der Waals surface area contributed by atoms with Gasteiger partial charge < -0.3 is 18.9 Å². The Morgan fingerprint density at radius 2 is 1.48 bits per heavy atom. The highest BCUT2D eigenvalue weighted by Crippen LogP contribution is 2.38. The fraction of sp³-hybridized carbons (Fsp3) is 0.286. The van der Waals surface area contributed by atoms with Crippen LogP contribution in [0.25, 0.3) is 0 Å². The lowest BCUT2D eigenvalue weighted by Gasteiger charge is -2.30. The lowest BCUT2D eigenvalue weighted by Crippen LogP contribution is -2.28. The van der Waals surface area contributed by atoms with Gasteiger partial charge in [-0.05, 0) is 54.8 Å². The van der Waals surface area contributed by atoms with Crippen LogP contribution in [-0.4, -0.2) is 13.2 Å². The van der Waals surface area contributed by atoms with Crippen LogP contribution in [0, 0.1) is 40.8 Å². The van der Waals surface area contributed by atoms with Crippen LogP contribution in [0.15, 0.2) is 55.1 Å². The van der Waals surface area contributed by atoms with Crippen molar-refractivity contribution in [2.24, 2.45) is 5.92 Å². The van der Waals surface area contributed by atoms with Gasteiger partial charge in [0.25, 0.3) is 0 Å². The van der Waals surface area contributed by atoms with Gasteiger partial charge in [-0.3, -0.25) is 0 Å². The maximum Gasteiger partial charge on any atom is 0.432 e. The van der Waals surface area contributed by atoms with Crippen molar-refractivity contribution in [1.82, 2.24) is 0 Å². The van der Waals surface area contributed by atoms with Gasteiger partial charge in [0.05, 0.1) is 13.2 Å². The number of ether oxygens (including phenoxy) is 4.